The Morgan fingerprint density at radius 2 is 1.80 bits per heavy atom. The summed E-state index contributed by atoms with van der Waals surface area (Å²) in [4.78, 5) is 0. The summed E-state index contributed by atoms with van der Waals surface area (Å²) >= 11 is 0. The molecule has 1 unspecified atom stereocenters. The topological polar surface area (TPSA) is 16.6 Å². The molecular formula is C8H20ClN. The number of hydrogen-bond donors (Lipinski definition) is 1. The van der Waals surface area contributed by atoms with Crippen LogP contribution in [0.5, 0.6) is 0 Å². The van der Waals surface area contributed by atoms with Gasteiger partial charge in [0.25, 0.3) is 0 Å². The van der Waals surface area contributed by atoms with Crippen LogP contribution in [0.4, 0.5) is 0 Å². The molecule has 0 aliphatic heterocycles. The Morgan fingerprint density at radius 1 is 1.30 bits per heavy atom. The van der Waals surface area contributed by atoms with E-state index in [-0.39, 0.29) is 12.4 Å². The van der Waals surface area contributed by atoms with Crippen molar-refractivity contribution in [3.8, 4) is 0 Å². The highest BCUT2D eigenvalue weighted by atomic mass is 35.5. The van der Waals surface area contributed by atoms with Gasteiger partial charge in [0.15, 0.2) is 0 Å². The molecule has 0 aromatic heterocycles. The van der Waals surface area contributed by atoms with Crippen LogP contribution in [-0.4, -0.2) is 12.6 Å². The predicted octanol–water partition coefficient (Wildman–Crippen LogP) is -1.85. The quantitative estimate of drug-likeness (QED) is 0.504. The summed E-state index contributed by atoms with van der Waals surface area (Å²) in [7, 11) is 2.17. The standard InChI is InChI=1S/C8H19N.ClH/c1-5-7-8(3,6-2)9-4;/h9H,5-7H2,1-4H3;1H. The molecule has 0 spiro atoms. The lowest BCUT2D eigenvalue weighted by Gasteiger charge is -2.22. The molecule has 0 aromatic carbocycles. The minimum Gasteiger partial charge on any atom is -1.00 e. The first-order valence-corrected chi connectivity index (χ1v) is 3.99. The van der Waals surface area contributed by atoms with Crippen LogP contribution in [0.3, 0.4) is 0 Å². The van der Waals surface area contributed by atoms with E-state index >= 15 is 0 Å². The Bertz CT molecular complexity index is 69.7. The van der Waals surface area contributed by atoms with Gasteiger partial charge in [-0.3, -0.25) is 0 Å². The molecule has 0 saturated heterocycles. The van der Waals surface area contributed by atoms with Crippen molar-refractivity contribution < 1.29 is 17.7 Å². The van der Waals surface area contributed by atoms with E-state index in [0.29, 0.717) is 5.54 Å². The van der Waals surface area contributed by atoms with Crippen LogP contribution in [0, 0.1) is 0 Å². The van der Waals surface area contributed by atoms with Gasteiger partial charge < -0.3 is 17.7 Å². The summed E-state index contributed by atoms with van der Waals surface area (Å²) in [6, 6.07) is 0. The maximum atomic E-state index is 2.33. The Kier molecular flexibility index (Phi) is 7.72. The molecular weight excluding hydrogens is 146 g/mol. The molecule has 0 bridgehead atoms. The number of nitrogens with two attached hydrogens (primary N) is 1. The zero-order valence-corrected chi connectivity index (χ0v) is 8.33. The van der Waals surface area contributed by atoms with Crippen molar-refractivity contribution in [2.45, 2.75) is 45.6 Å². The van der Waals surface area contributed by atoms with Gasteiger partial charge in [-0.05, 0) is 13.3 Å². The Morgan fingerprint density at radius 3 is 1.90 bits per heavy atom. The second kappa shape index (κ2) is 5.99. The summed E-state index contributed by atoms with van der Waals surface area (Å²) in [5.41, 5.74) is 0.509. The normalized spacial score (nSPS) is 15.6. The maximum Gasteiger partial charge on any atom is 0.0928 e. The molecule has 10 heavy (non-hydrogen) atoms. The summed E-state index contributed by atoms with van der Waals surface area (Å²) in [6.07, 6.45) is 3.91. The van der Waals surface area contributed by atoms with Crippen molar-refractivity contribution in [1.29, 1.82) is 0 Å². The zero-order valence-electron chi connectivity index (χ0n) is 7.58. The lowest BCUT2D eigenvalue weighted by Crippen LogP contribution is -3.00. The molecule has 0 aliphatic carbocycles. The molecule has 0 radical (unpaired) electrons. The van der Waals surface area contributed by atoms with E-state index in [4.69, 9.17) is 0 Å². The third-order valence-corrected chi connectivity index (χ3v) is 2.33. The first-order valence-electron chi connectivity index (χ1n) is 3.99. The Hall–Kier alpha value is 0.250. The van der Waals surface area contributed by atoms with Gasteiger partial charge in [-0.15, -0.1) is 0 Å². The average molecular weight is 166 g/mol. The number of hydrogen-bond acceptors (Lipinski definition) is 0. The van der Waals surface area contributed by atoms with E-state index in [0.717, 1.165) is 0 Å². The molecule has 0 saturated carbocycles. The van der Waals surface area contributed by atoms with Crippen LogP contribution < -0.4 is 17.7 Å². The molecule has 0 rings (SSSR count). The van der Waals surface area contributed by atoms with Gasteiger partial charge in [0.2, 0.25) is 0 Å². The van der Waals surface area contributed by atoms with Crippen LogP contribution in [0.2, 0.25) is 0 Å². The van der Waals surface area contributed by atoms with Gasteiger partial charge in [-0.2, -0.15) is 0 Å². The van der Waals surface area contributed by atoms with Gasteiger partial charge in [0, 0.05) is 6.42 Å². The van der Waals surface area contributed by atoms with Crippen molar-refractivity contribution in [3.05, 3.63) is 0 Å². The predicted molar refractivity (Wildman–Crippen MR) is 41.5 cm³/mol. The van der Waals surface area contributed by atoms with Crippen LogP contribution in [-0.2, 0) is 0 Å². The first kappa shape index (κ1) is 12.9. The zero-order chi connectivity index (χ0) is 7.33. The van der Waals surface area contributed by atoms with Crippen molar-refractivity contribution >= 4 is 0 Å². The van der Waals surface area contributed by atoms with Gasteiger partial charge in [0.05, 0.1) is 12.6 Å². The molecule has 64 valence electrons. The molecule has 1 atom stereocenters. The van der Waals surface area contributed by atoms with Crippen LogP contribution >= 0.6 is 0 Å². The van der Waals surface area contributed by atoms with Crippen LogP contribution in [0.15, 0.2) is 0 Å². The average Bonchev–Trinajstić information content (AvgIpc) is 1.89. The Labute approximate surface area is 71.0 Å². The summed E-state index contributed by atoms with van der Waals surface area (Å²) in [5.74, 6) is 0. The van der Waals surface area contributed by atoms with Gasteiger partial charge in [-0.25, -0.2) is 0 Å². The lowest BCUT2D eigenvalue weighted by molar-refractivity contribution is -0.701. The van der Waals surface area contributed by atoms with E-state index in [2.05, 4.69) is 33.1 Å². The molecule has 0 fully saturated rings. The summed E-state index contributed by atoms with van der Waals surface area (Å²) in [6.45, 7) is 6.84. The maximum absolute atomic E-state index is 2.33. The van der Waals surface area contributed by atoms with Gasteiger partial charge >= 0.3 is 0 Å². The van der Waals surface area contributed by atoms with E-state index < -0.39 is 0 Å². The van der Waals surface area contributed by atoms with E-state index in [1.165, 1.54) is 19.3 Å². The second-order valence-electron chi connectivity index (χ2n) is 3.05. The minimum atomic E-state index is 0. The molecule has 2 N–H and O–H groups in total. The molecule has 0 heterocycles. The fourth-order valence-corrected chi connectivity index (χ4v) is 1.10. The van der Waals surface area contributed by atoms with E-state index in [9.17, 15) is 0 Å². The second-order valence-corrected chi connectivity index (χ2v) is 3.05. The molecule has 0 aliphatic rings. The molecule has 0 aromatic rings. The number of rotatable bonds is 4. The fraction of sp³-hybridized carbons (Fsp3) is 1.00. The summed E-state index contributed by atoms with van der Waals surface area (Å²) in [5, 5.41) is 2.33. The third-order valence-electron chi connectivity index (χ3n) is 2.33. The number of halogens is 1. The highest BCUT2D eigenvalue weighted by Crippen LogP contribution is 2.09. The monoisotopic (exact) mass is 165 g/mol. The van der Waals surface area contributed by atoms with Gasteiger partial charge in [-0.1, -0.05) is 20.3 Å². The molecule has 0 amide bonds. The van der Waals surface area contributed by atoms with E-state index in [1.807, 2.05) is 0 Å². The fourth-order valence-electron chi connectivity index (χ4n) is 1.10. The smallest absolute Gasteiger partial charge is 0.0928 e. The highest BCUT2D eigenvalue weighted by molar-refractivity contribution is 4.67. The lowest BCUT2D eigenvalue weighted by atomic mass is 9.94. The van der Waals surface area contributed by atoms with Crippen molar-refractivity contribution in [2.75, 3.05) is 7.05 Å². The highest BCUT2D eigenvalue weighted by Gasteiger charge is 2.21. The van der Waals surface area contributed by atoms with E-state index in [1.54, 1.807) is 0 Å². The largest absolute Gasteiger partial charge is 1.00 e. The third kappa shape index (κ3) is 4.13. The first-order chi connectivity index (χ1) is 4.18. The van der Waals surface area contributed by atoms with Crippen molar-refractivity contribution in [3.63, 3.8) is 0 Å². The number of quaternary nitrogens is 1. The SMILES string of the molecule is CCCC(C)(CC)[NH2+]C.[Cl-]. The van der Waals surface area contributed by atoms with Crippen LogP contribution in [0.25, 0.3) is 0 Å². The minimum absolute atomic E-state index is 0. The van der Waals surface area contributed by atoms with Gasteiger partial charge in [0.1, 0.15) is 0 Å². The van der Waals surface area contributed by atoms with Crippen LogP contribution in [0.1, 0.15) is 40.0 Å². The van der Waals surface area contributed by atoms with Crippen molar-refractivity contribution in [2.24, 2.45) is 0 Å². The summed E-state index contributed by atoms with van der Waals surface area (Å²) < 4.78 is 0. The molecule has 2 heteroatoms. The Balaban J connectivity index is 0. The molecule has 1 nitrogen and oxygen atoms in total. The van der Waals surface area contributed by atoms with Crippen molar-refractivity contribution in [1.82, 2.24) is 0 Å².